The number of aryl methyl sites for hydroxylation is 1. The lowest BCUT2D eigenvalue weighted by molar-refractivity contribution is -0.123. The third-order valence-electron chi connectivity index (χ3n) is 4.36. The molecule has 20 heavy (non-hydrogen) atoms. The summed E-state index contributed by atoms with van der Waals surface area (Å²) in [6.45, 7) is 8.82. The number of hydrogen-bond acceptors (Lipinski definition) is 2. The molecule has 0 aliphatic rings. The number of nitrogens with two attached hydrogens (primary N) is 1. The van der Waals surface area contributed by atoms with Gasteiger partial charge in [-0.3, -0.25) is 4.79 Å². The van der Waals surface area contributed by atoms with Gasteiger partial charge in [-0.25, -0.2) is 0 Å². The molecule has 0 bridgehead atoms. The highest BCUT2D eigenvalue weighted by molar-refractivity contribution is 5.77. The monoisotopic (exact) mass is 276 g/mol. The van der Waals surface area contributed by atoms with Gasteiger partial charge in [-0.05, 0) is 36.8 Å². The van der Waals surface area contributed by atoms with E-state index in [-0.39, 0.29) is 17.4 Å². The third-order valence-corrected chi connectivity index (χ3v) is 4.36. The van der Waals surface area contributed by atoms with Crippen LogP contribution in [0.5, 0.6) is 0 Å². The van der Waals surface area contributed by atoms with E-state index in [0.29, 0.717) is 13.0 Å². The number of carbonyl (C=O) groups excluding carboxylic acids is 1. The van der Waals surface area contributed by atoms with Gasteiger partial charge in [0.1, 0.15) is 0 Å². The van der Waals surface area contributed by atoms with E-state index in [2.05, 4.69) is 45.1 Å². The van der Waals surface area contributed by atoms with Gasteiger partial charge in [0.05, 0.1) is 5.54 Å². The highest BCUT2D eigenvalue weighted by Crippen LogP contribution is 2.23. The van der Waals surface area contributed by atoms with Crippen molar-refractivity contribution >= 4 is 5.91 Å². The Bertz CT molecular complexity index is 430. The topological polar surface area (TPSA) is 55.1 Å². The van der Waals surface area contributed by atoms with Crippen molar-refractivity contribution in [2.24, 2.45) is 5.73 Å². The number of benzene rings is 1. The van der Waals surface area contributed by atoms with E-state index in [1.807, 2.05) is 12.1 Å². The van der Waals surface area contributed by atoms with Crippen LogP contribution in [0.15, 0.2) is 24.3 Å². The summed E-state index contributed by atoms with van der Waals surface area (Å²) in [5.41, 5.74) is 8.07. The first-order valence-electron chi connectivity index (χ1n) is 7.54. The highest BCUT2D eigenvalue weighted by atomic mass is 16.1. The minimum absolute atomic E-state index is 0.0925. The van der Waals surface area contributed by atoms with Gasteiger partial charge >= 0.3 is 0 Å². The Morgan fingerprint density at radius 2 is 1.90 bits per heavy atom. The molecule has 0 radical (unpaired) electrons. The average molecular weight is 276 g/mol. The zero-order chi connectivity index (χ0) is 15.2. The lowest BCUT2D eigenvalue weighted by Gasteiger charge is -2.32. The van der Waals surface area contributed by atoms with Crippen LogP contribution >= 0.6 is 0 Å². The fourth-order valence-electron chi connectivity index (χ4n) is 2.64. The molecular formula is C17H28N2O. The van der Waals surface area contributed by atoms with Crippen molar-refractivity contribution in [3.05, 3.63) is 35.4 Å². The van der Waals surface area contributed by atoms with E-state index in [0.717, 1.165) is 12.8 Å². The number of hydrogen-bond donors (Lipinski definition) is 2. The molecule has 0 aliphatic carbocycles. The number of rotatable bonds is 7. The zero-order valence-corrected chi connectivity index (χ0v) is 13.2. The van der Waals surface area contributed by atoms with Crippen LogP contribution in [-0.4, -0.2) is 18.0 Å². The molecule has 0 saturated carbocycles. The molecule has 0 heterocycles. The van der Waals surface area contributed by atoms with Gasteiger partial charge in [0.2, 0.25) is 5.91 Å². The highest BCUT2D eigenvalue weighted by Gasteiger charge is 2.27. The molecule has 3 nitrogen and oxygen atoms in total. The zero-order valence-electron chi connectivity index (χ0n) is 13.2. The molecule has 3 N–H and O–H groups in total. The Morgan fingerprint density at radius 3 is 2.40 bits per heavy atom. The number of nitrogens with one attached hydrogen (secondary N) is 1. The summed E-state index contributed by atoms with van der Waals surface area (Å²) in [6.07, 6.45) is 2.24. The van der Waals surface area contributed by atoms with Crippen LogP contribution in [0.3, 0.4) is 0 Å². The van der Waals surface area contributed by atoms with E-state index >= 15 is 0 Å². The minimum atomic E-state index is -0.247. The Hall–Kier alpha value is -1.35. The second-order valence-corrected chi connectivity index (χ2v) is 5.70. The fourth-order valence-corrected chi connectivity index (χ4v) is 2.64. The molecule has 1 unspecified atom stereocenters. The first kappa shape index (κ1) is 16.7. The predicted octanol–water partition coefficient (Wildman–Crippen LogP) is 3.12. The van der Waals surface area contributed by atoms with Crippen LogP contribution < -0.4 is 11.1 Å². The van der Waals surface area contributed by atoms with E-state index in [1.54, 1.807) is 0 Å². The van der Waals surface area contributed by atoms with Gasteiger partial charge in [-0.15, -0.1) is 0 Å². The summed E-state index contributed by atoms with van der Waals surface area (Å²) < 4.78 is 0. The van der Waals surface area contributed by atoms with Gasteiger partial charge in [0, 0.05) is 13.0 Å². The van der Waals surface area contributed by atoms with Crippen LogP contribution in [0.1, 0.15) is 57.1 Å². The lowest BCUT2D eigenvalue weighted by atomic mass is 9.90. The quantitative estimate of drug-likeness (QED) is 0.804. The van der Waals surface area contributed by atoms with Crippen molar-refractivity contribution in [1.82, 2.24) is 5.32 Å². The molecule has 1 aromatic rings. The van der Waals surface area contributed by atoms with Crippen LogP contribution in [0.25, 0.3) is 0 Å². The maximum absolute atomic E-state index is 12.3. The molecule has 0 aliphatic heterocycles. The van der Waals surface area contributed by atoms with Gasteiger partial charge in [0.25, 0.3) is 0 Å². The van der Waals surface area contributed by atoms with Gasteiger partial charge < -0.3 is 11.1 Å². The minimum Gasteiger partial charge on any atom is -0.349 e. The molecule has 0 aromatic heterocycles. The smallest absolute Gasteiger partial charge is 0.221 e. The molecule has 3 heteroatoms. The maximum atomic E-state index is 12.3. The van der Waals surface area contributed by atoms with E-state index in [9.17, 15) is 4.79 Å². The van der Waals surface area contributed by atoms with Crippen LogP contribution in [-0.2, 0) is 4.79 Å². The largest absolute Gasteiger partial charge is 0.349 e. The van der Waals surface area contributed by atoms with Crippen molar-refractivity contribution in [2.45, 2.75) is 58.4 Å². The third kappa shape index (κ3) is 4.07. The molecular weight excluding hydrogens is 248 g/mol. The summed E-state index contributed by atoms with van der Waals surface area (Å²) in [5, 5.41) is 3.14. The maximum Gasteiger partial charge on any atom is 0.221 e. The molecule has 1 atom stereocenters. The average Bonchev–Trinajstić information content (AvgIpc) is 2.45. The molecule has 112 valence electrons. The molecule has 1 aromatic carbocycles. The van der Waals surface area contributed by atoms with E-state index in [1.165, 1.54) is 11.1 Å². The Balaban J connectivity index is 2.69. The standard InChI is InChI=1S/C17H28N2O/c1-5-17(6-2,12-18)19-16(20)11-14(4)15-10-8-7-9-13(15)3/h7-10,14H,5-6,11-12,18H2,1-4H3,(H,19,20). The van der Waals surface area contributed by atoms with Gasteiger partial charge in [0.15, 0.2) is 0 Å². The Morgan fingerprint density at radius 1 is 1.30 bits per heavy atom. The van der Waals surface area contributed by atoms with E-state index in [4.69, 9.17) is 5.73 Å². The van der Waals surface area contributed by atoms with Crippen molar-refractivity contribution < 1.29 is 4.79 Å². The first-order chi connectivity index (χ1) is 9.48. The molecule has 0 saturated heterocycles. The summed E-state index contributed by atoms with van der Waals surface area (Å²) in [4.78, 5) is 12.3. The van der Waals surface area contributed by atoms with Gasteiger partial charge in [-0.2, -0.15) is 0 Å². The lowest BCUT2D eigenvalue weighted by Crippen LogP contribution is -2.53. The summed E-state index contributed by atoms with van der Waals surface area (Å²) in [7, 11) is 0. The van der Waals surface area contributed by atoms with Gasteiger partial charge in [-0.1, -0.05) is 45.0 Å². The van der Waals surface area contributed by atoms with E-state index < -0.39 is 0 Å². The molecule has 0 spiro atoms. The number of amides is 1. The fraction of sp³-hybridized carbons (Fsp3) is 0.588. The summed E-state index contributed by atoms with van der Waals surface area (Å²) in [6, 6.07) is 8.24. The second kappa shape index (κ2) is 7.44. The summed E-state index contributed by atoms with van der Waals surface area (Å²) >= 11 is 0. The second-order valence-electron chi connectivity index (χ2n) is 5.70. The van der Waals surface area contributed by atoms with Crippen LogP contribution in [0, 0.1) is 6.92 Å². The van der Waals surface area contributed by atoms with Crippen LogP contribution in [0.4, 0.5) is 0 Å². The predicted molar refractivity (Wildman–Crippen MR) is 84.7 cm³/mol. The van der Waals surface area contributed by atoms with Crippen molar-refractivity contribution in [3.63, 3.8) is 0 Å². The summed E-state index contributed by atoms with van der Waals surface area (Å²) in [5.74, 6) is 0.315. The van der Waals surface area contributed by atoms with Crippen molar-refractivity contribution in [2.75, 3.05) is 6.54 Å². The Labute approximate surface area is 122 Å². The van der Waals surface area contributed by atoms with Crippen molar-refractivity contribution in [3.8, 4) is 0 Å². The normalized spacial score (nSPS) is 13.1. The molecule has 1 amide bonds. The first-order valence-corrected chi connectivity index (χ1v) is 7.54. The molecule has 0 fully saturated rings. The van der Waals surface area contributed by atoms with Crippen LogP contribution in [0.2, 0.25) is 0 Å². The Kier molecular flexibility index (Phi) is 6.21. The number of carbonyl (C=O) groups is 1. The molecule has 1 rings (SSSR count). The SMILES string of the molecule is CCC(CC)(CN)NC(=O)CC(C)c1ccccc1C. The van der Waals surface area contributed by atoms with Crippen molar-refractivity contribution in [1.29, 1.82) is 0 Å².